The van der Waals surface area contributed by atoms with Gasteiger partial charge in [-0.15, -0.1) is 0 Å². The van der Waals surface area contributed by atoms with E-state index in [1.165, 1.54) is 31.7 Å². The van der Waals surface area contributed by atoms with E-state index in [0.717, 1.165) is 30.5 Å². The SMILES string of the molecule is CCC/C=C/C1CCC(c2cnc(-c3ccc(F)c(F)c3)nc2)CC1. The fraction of sp³-hybridized carbons (Fsp3) is 0.429. The van der Waals surface area contributed by atoms with Crippen molar-refractivity contribution in [1.82, 2.24) is 9.97 Å². The van der Waals surface area contributed by atoms with Crippen molar-refractivity contribution in [3.8, 4) is 11.4 Å². The third-order valence-corrected chi connectivity index (χ3v) is 4.96. The van der Waals surface area contributed by atoms with Gasteiger partial charge < -0.3 is 0 Å². The molecule has 1 fully saturated rings. The average molecular weight is 342 g/mol. The van der Waals surface area contributed by atoms with Crippen molar-refractivity contribution in [3.05, 3.63) is 59.9 Å². The molecule has 1 aliphatic carbocycles. The highest BCUT2D eigenvalue weighted by Crippen LogP contribution is 2.36. The summed E-state index contributed by atoms with van der Waals surface area (Å²) in [6.07, 6.45) is 15.4. The summed E-state index contributed by atoms with van der Waals surface area (Å²) in [4.78, 5) is 8.72. The lowest BCUT2D eigenvalue weighted by Crippen LogP contribution is -2.12. The number of halogens is 2. The molecule has 25 heavy (non-hydrogen) atoms. The number of benzene rings is 1. The molecule has 1 aliphatic rings. The van der Waals surface area contributed by atoms with Gasteiger partial charge in [0.05, 0.1) is 0 Å². The molecule has 3 rings (SSSR count). The number of unbranched alkanes of at least 4 members (excludes halogenated alkanes) is 1. The van der Waals surface area contributed by atoms with Gasteiger partial charge in [0.1, 0.15) is 0 Å². The Labute approximate surface area is 148 Å². The lowest BCUT2D eigenvalue weighted by atomic mass is 9.79. The second-order valence-corrected chi connectivity index (χ2v) is 6.80. The van der Waals surface area contributed by atoms with E-state index in [0.29, 0.717) is 23.2 Å². The minimum atomic E-state index is -0.875. The van der Waals surface area contributed by atoms with Crippen LogP contribution in [0.25, 0.3) is 11.4 Å². The fourth-order valence-electron chi connectivity index (χ4n) is 3.43. The van der Waals surface area contributed by atoms with E-state index in [9.17, 15) is 8.78 Å². The quantitative estimate of drug-likeness (QED) is 0.618. The average Bonchev–Trinajstić information content (AvgIpc) is 2.65. The second-order valence-electron chi connectivity index (χ2n) is 6.80. The first-order valence-corrected chi connectivity index (χ1v) is 9.11. The van der Waals surface area contributed by atoms with Crippen molar-refractivity contribution in [3.63, 3.8) is 0 Å². The number of aromatic nitrogens is 2. The Morgan fingerprint density at radius 1 is 1.04 bits per heavy atom. The van der Waals surface area contributed by atoms with Crippen molar-refractivity contribution in [2.75, 3.05) is 0 Å². The zero-order chi connectivity index (χ0) is 17.6. The molecule has 2 aromatic rings. The predicted molar refractivity (Wildman–Crippen MR) is 96.1 cm³/mol. The zero-order valence-electron chi connectivity index (χ0n) is 14.6. The molecule has 0 radical (unpaired) electrons. The largest absolute Gasteiger partial charge is 0.236 e. The summed E-state index contributed by atoms with van der Waals surface area (Å²) in [5.74, 6) is -0.108. The van der Waals surface area contributed by atoms with Crippen LogP contribution in [0.15, 0.2) is 42.7 Å². The van der Waals surface area contributed by atoms with Gasteiger partial charge >= 0.3 is 0 Å². The first kappa shape index (κ1) is 17.7. The second kappa shape index (κ2) is 8.32. The van der Waals surface area contributed by atoms with Crippen LogP contribution in [0.4, 0.5) is 8.78 Å². The Hall–Kier alpha value is -2.10. The van der Waals surface area contributed by atoms with Crippen LogP contribution in [0, 0.1) is 17.6 Å². The van der Waals surface area contributed by atoms with Gasteiger partial charge in [-0.05, 0) is 67.7 Å². The zero-order valence-corrected chi connectivity index (χ0v) is 14.6. The number of hydrogen-bond donors (Lipinski definition) is 0. The number of nitrogens with zero attached hydrogens (tertiary/aromatic N) is 2. The van der Waals surface area contributed by atoms with E-state index in [1.54, 1.807) is 0 Å². The number of rotatable bonds is 5. The predicted octanol–water partition coefficient (Wildman–Crippen LogP) is 6.05. The van der Waals surface area contributed by atoms with Gasteiger partial charge in [-0.3, -0.25) is 0 Å². The van der Waals surface area contributed by atoms with Crippen LogP contribution in [0.1, 0.15) is 56.9 Å². The monoisotopic (exact) mass is 342 g/mol. The van der Waals surface area contributed by atoms with Crippen molar-refractivity contribution in [1.29, 1.82) is 0 Å². The first-order chi connectivity index (χ1) is 12.2. The van der Waals surface area contributed by atoms with E-state index in [1.807, 2.05) is 12.4 Å². The lowest BCUT2D eigenvalue weighted by molar-refractivity contribution is 0.374. The smallest absolute Gasteiger partial charge is 0.159 e. The molecule has 0 aliphatic heterocycles. The number of allylic oxidation sites excluding steroid dienone is 2. The highest BCUT2D eigenvalue weighted by atomic mass is 19.2. The molecule has 0 unspecified atom stereocenters. The molecular weight excluding hydrogens is 318 g/mol. The Morgan fingerprint density at radius 2 is 1.76 bits per heavy atom. The van der Waals surface area contributed by atoms with Gasteiger partial charge in [0.15, 0.2) is 17.5 Å². The maximum absolute atomic E-state index is 13.3. The molecule has 1 saturated carbocycles. The van der Waals surface area contributed by atoms with Crippen molar-refractivity contribution >= 4 is 0 Å². The van der Waals surface area contributed by atoms with E-state index >= 15 is 0 Å². The Bertz CT molecular complexity index is 717. The summed E-state index contributed by atoms with van der Waals surface area (Å²) in [5, 5.41) is 0. The fourth-order valence-corrected chi connectivity index (χ4v) is 3.43. The molecule has 0 N–H and O–H groups in total. The number of hydrogen-bond acceptors (Lipinski definition) is 2. The summed E-state index contributed by atoms with van der Waals surface area (Å²) in [7, 11) is 0. The molecule has 0 atom stereocenters. The van der Waals surface area contributed by atoms with E-state index in [-0.39, 0.29) is 0 Å². The Kier molecular flexibility index (Phi) is 5.90. The lowest BCUT2D eigenvalue weighted by Gasteiger charge is -2.26. The molecule has 0 amide bonds. The summed E-state index contributed by atoms with van der Waals surface area (Å²) in [5.41, 5.74) is 1.64. The molecule has 4 heteroatoms. The van der Waals surface area contributed by atoms with Gasteiger partial charge in [-0.25, -0.2) is 18.7 Å². The summed E-state index contributed by atoms with van der Waals surface area (Å²) in [6.45, 7) is 2.20. The Balaban J connectivity index is 1.62. The van der Waals surface area contributed by atoms with Crippen LogP contribution < -0.4 is 0 Å². The summed E-state index contributed by atoms with van der Waals surface area (Å²) < 4.78 is 26.4. The van der Waals surface area contributed by atoms with Crippen LogP contribution in [-0.2, 0) is 0 Å². The molecule has 0 spiro atoms. The normalized spacial score (nSPS) is 20.9. The molecular formula is C21H24F2N2. The standard InChI is InChI=1S/C21H24F2N2/c1-2-3-4-5-15-6-8-16(9-7-15)18-13-24-21(25-14-18)17-10-11-19(22)20(23)12-17/h4-5,10-16H,2-3,6-9H2,1H3/b5-4+. The topological polar surface area (TPSA) is 25.8 Å². The van der Waals surface area contributed by atoms with E-state index in [4.69, 9.17) is 0 Å². The van der Waals surface area contributed by atoms with Gasteiger partial charge in [0.25, 0.3) is 0 Å². The molecule has 132 valence electrons. The van der Waals surface area contributed by atoms with E-state index < -0.39 is 11.6 Å². The molecule has 1 aromatic heterocycles. The summed E-state index contributed by atoms with van der Waals surface area (Å²) >= 11 is 0. The van der Waals surface area contributed by atoms with Crippen LogP contribution >= 0.6 is 0 Å². The van der Waals surface area contributed by atoms with E-state index in [2.05, 4.69) is 29.0 Å². The van der Waals surface area contributed by atoms with Crippen molar-refractivity contribution < 1.29 is 8.78 Å². The van der Waals surface area contributed by atoms with Crippen LogP contribution in [0.2, 0.25) is 0 Å². The van der Waals surface area contributed by atoms with Gasteiger partial charge in [0, 0.05) is 18.0 Å². The van der Waals surface area contributed by atoms with Crippen molar-refractivity contribution in [2.45, 2.75) is 51.4 Å². The highest BCUT2D eigenvalue weighted by Gasteiger charge is 2.21. The third kappa shape index (κ3) is 4.50. The third-order valence-electron chi connectivity index (χ3n) is 4.96. The molecule has 2 nitrogen and oxygen atoms in total. The van der Waals surface area contributed by atoms with Gasteiger partial charge in [-0.1, -0.05) is 25.5 Å². The first-order valence-electron chi connectivity index (χ1n) is 9.11. The molecule has 0 bridgehead atoms. The maximum atomic E-state index is 13.3. The van der Waals surface area contributed by atoms with Crippen molar-refractivity contribution in [2.24, 2.45) is 5.92 Å². The highest BCUT2D eigenvalue weighted by molar-refractivity contribution is 5.54. The minimum Gasteiger partial charge on any atom is -0.236 e. The minimum absolute atomic E-state index is 0.429. The van der Waals surface area contributed by atoms with Gasteiger partial charge in [-0.2, -0.15) is 0 Å². The maximum Gasteiger partial charge on any atom is 0.159 e. The van der Waals surface area contributed by atoms with Crippen LogP contribution in [-0.4, -0.2) is 9.97 Å². The van der Waals surface area contributed by atoms with Crippen LogP contribution in [0.3, 0.4) is 0 Å². The summed E-state index contributed by atoms with van der Waals surface area (Å²) in [6, 6.07) is 3.74. The Morgan fingerprint density at radius 3 is 2.40 bits per heavy atom. The van der Waals surface area contributed by atoms with Crippen LogP contribution in [0.5, 0.6) is 0 Å². The van der Waals surface area contributed by atoms with Gasteiger partial charge in [0.2, 0.25) is 0 Å². The molecule has 1 heterocycles. The molecule has 0 saturated heterocycles. The molecule has 1 aromatic carbocycles.